The zero-order valence-corrected chi connectivity index (χ0v) is 14.5. The first-order valence-electron chi connectivity index (χ1n) is 7.54. The van der Waals surface area contributed by atoms with Gasteiger partial charge in [-0.1, -0.05) is 20.8 Å². The Morgan fingerprint density at radius 1 is 1.35 bits per heavy atom. The van der Waals surface area contributed by atoms with Gasteiger partial charge in [-0.05, 0) is 24.5 Å². The average Bonchev–Trinajstić information content (AvgIpc) is 2.42. The molecule has 0 aromatic carbocycles. The second-order valence-corrected chi connectivity index (χ2v) is 7.42. The Hall–Kier alpha value is -0.420. The minimum absolute atomic E-state index is 0.197. The van der Waals surface area contributed by atoms with E-state index in [-0.39, 0.29) is 5.41 Å². The molecule has 1 aliphatic rings. The van der Waals surface area contributed by atoms with Gasteiger partial charge in [-0.2, -0.15) is 11.8 Å². The Morgan fingerprint density at radius 3 is 2.70 bits per heavy atom. The Labute approximate surface area is 128 Å². The van der Waals surface area contributed by atoms with E-state index in [9.17, 15) is 0 Å². The molecule has 1 fully saturated rings. The predicted molar refractivity (Wildman–Crippen MR) is 89.7 cm³/mol. The first-order valence-corrected chi connectivity index (χ1v) is 8.93. The summed E-state index contributed by atoms with van der Waals surface area (Å²) < 4.78 is 6.02. The molecule has 1 aliphatic heterocycles. The van der Waals surface area contributed by atoms with Crippen molar-refractivity contribution in [2.24, 2.45) is 16.3 Å². The molecule has 2 atom stereocenters. The topological polar surface area (TPSA) is 45.7 Å². The van der Waals surface area contributed by atoms with Gasteiger partial charge in [0.1, 0.15) is 0 Å². The lowest BCUT2D eigenvalue weighted by atomic mass is 9.78. The zero-order chi connectivity index (χ0) is 15.0. The van der Waals surface area contributed by atoms with Crippen molar-refractivity contribution in [3.8, 4) is 0 Å². The molecule has 0 aromatic heterocycles. The highest BCUT2D eigenvalue weighted by atomic mass is 32.2. The number of aliphatic imine (C=N–C) groups is 1. The van der Waals surface area contributed by atoms with E-state index in [0.29, 0.717) is 12.0 Å². The number of thioether (sulfide) groups is 1. The van der Waals surface area contributed by atoms with Crippen molar-refractivity contribution >= 4 is 17.7 Å². The molecule has 118 valence electrons. The highest BCUT2D eigenvalue weighted by molar-refractivity contribution is 7.98. The van der Waals surface area contributed by atoms with Gasteiger partial charge >= 0.3 is 0 Å². The third-order valence-electron chi connectivity index (χ3n) is 3.65. The van der Waals surface area contributed by atoms with Crippen molar-refractivity contribution in [1.82, 2.24) is 10.6 Å². The van der Waals surface area contributed by atoms with Crippen molar-refractivity contribution in [3.63, 3.8) is 0 Å². The van der Waals surface area contributed by atoms with Gasteiger partial charge in [0.2, 0.25) is 0 Å². The van der Waals surface area contributed by atoms with E-state index in [1.54, 1.807) is 0 Å². The van der Waals surface area contributed by atoms with E-state index in [0.717, 1.165) is 37.8 Å². The molecule has 4 nitrogen and oxygen atoms in total. The summed E-state index contributed by atoms with van der Waals surface area (Å²) in [5, 5.41) is 6.79. The van der Waals surface area contributed by atoms with E-state index in [4.69, 9.17) is 4.74 Å². The third-order valence-corrected chi connectivity index (χ3v) is 4.26. The van der Waals surface area contributed by atoms with Crippen molar-refractivity contribution in [2.75, 3.05) is 38.8 Å². The Kier molecular flexibility index (Phi) is 7.74. The normalized spacial score (nSPS) is 24.6. The standard InChI is InChI=1S/C15H31N3OS/c1-15(2,3)13-12(7-6-9-19-13)11-18-14(16-4)17-8-10-20-5/h12-13H,6-11H2,1-5H3,(H2,16,17,18). The highest BCUT2D eigenvalue weighted by Gasteiger charge is 2.35. The summed E-state index contributed by atoms with van der Waals surface area (Å²) in [7, 11) is 1.83. The second-order valence-electron chi connectivity index (χ2n) is 6.43. The van der Waals surface area contributed by atoms with E-state index < -0.39 is 0 Å². The number of hydrogen-bond donors (Lipinski definition) is 2. The summed E-state index contributed by atoms with van der Waals surface area (Å²) >= 11 is 1.84. The van der Waals surface area contributed by atoms with Crippen LogP contribution in [0.5, 0.6) is 0 Å². The van der Waals surface area contributed by atoms with Gasteiger partial charge < -0.3 is 15.4 Å². The van der Waals surface area contributed by atoms with Crippen LogP contribution in [0.4, 0.5) is 0 Å². The number of nitrogens with one attached hydrogen (secondary N) is 2. The maximum Gasteiger partial charge on any atom is 0.191 e. The van der Waals surface area contributed by atoms with Crippen LogP contribution in [0.2, 0.25) is 0 Å². The van der Waals surface area contributed by atoms with Gasteiger partial charge in [0, 0.05) is 38.4 Å². The van der Waals surface area contributed by atoms with Crippen molar-refractivity contribution < 1.29 is 4.74 Å². The molecule has 1 heterocycles. The fourth-order valence-corrected chi connectivity index (χ4v) is 3.04. The summed E-state index contributed by atoms with van der Waals surface area (Å²) in [6.45, 7) is 9.58. The van der Waals surface area contributed by atoms with E-state index in [2.05, 4.69) is 42.7 Å². The molecule has 1 rings (SSSR count). The molecule has 0 saturated carbocycles. The van der Waals surface area contributed by atoms with Crippen LogP contribution in [0.3, 0.4) is 0 Å². The predicted octanol–water partition coefficient (Wildman–Crippen LogP) is 2.36. The van der Waals surface area contributed by atoms with Crippen LogP contribution >= 0.6 is 11.8 Å². The fraction of sp³-hybridized carbons (Fsp3) is 0.933. The van der Waals surface area contributed by atoms with Crippen molar-refractivity contribution in [2.45, 2.75) is 39.7 Å². The Balaban J connectivity index is 2.44. The molecule has 5 heteroatoms. The lowest BCUT2D eigenvalue weighted by molar-refractivity contribution is -0.0835. The number of guanidine groups is 1. The van der Waals surface area contributed by atoms with E-state index >= 15 is 0 Å². The number of hydrogen-bond acceptors (Lipinski definition) is 3. The van der Waals surface area contributed by atoms with Crippen LogP contribution in [-0.2, 0) is 4.74 Å². The van der Waals surface area contributed by atoms with E-state index in [1.165, 1.54) is 6.42 Å². The SMILES string of the molecule is CN=C(NCCSC)NCC1CCCOC1C(C)(C)C. The third kappa shape index (κ3) is 5.92. The van der Waals surface area contributed by atoms with Gasteiger partial charge in [-0.3, -0.25) is 4.99 Å². The number of nitrogens with zero attached hydrogens (tertiary/aromatic N) is 1. The first-order chi connectivity index (χ1) is 9.49. The summed E-state index contributed by atoms with van der Waals surface area (Å²) in [4.78, 5) is 4.28. The Morgan fingerprint density at radius 2 is 2.10 bits per heavy atom. The molecule has 0 aromatic rings. The maximum atomic E-state index is 6.02. The molecule has 0 bridgehead atoms. The van der Waals surface area contributed by atoms with Gasteiger partial charge in [0.25, 0.3) is 0 Å². The molecule has 0 aliphatic carbocycles. The molecule has 1 saturated heterocycles. The molecular formula is C15H31N3OS. The molecule has 0 spiro atoms. The van der Waals surface area contributed by atoms with Gasteiger partial charge in [0.05, 0.1) is 6.10 Å². The monoisotopic (exact) mass is 301 g/mol. The minimum atomic E-state index is 0.197. The quantitative estimate of drug-likeness (QED) is 0.465. The molecule has 2 N–H and O–H groups in total. The van der Waals surface area contributed by atoms with Crippen LogP contribution in [0.15, 0.2) is 4.99 Å². The van der Waals surface area contributed by atoms with Crippen molar-refractivity contribution in [1.29, 1.82) is 0 Å². The van der Waals surface area contributed by atoms with Gasteiger partial charge in [0.15, 0.2) is 5.96 Å². The Bertz CT molecular complexity index is 302. The molecule has 0 radical (unpaired) electrons. The van der Waals surface area contributed by atoms with Crippen LogP contribution in [0.25, 0.3) is 0 Å². The highest BCUT2D eigenvalue weighted by Crippen LogP contribution is 2.33. The minimum Gasteiger partial charge on any atom is -0.377 e. The summed E-state index contributed by atoms with van der Waals surface area (Å²) in [6.07, 6.45) is 4.84. The molecule has 0 amide bonds. The van der Waals surface area contributed by atoms with Gasteiger partial charge in [-0.15, -0.1) is 0 Å². The largest absolute Gasteiger partial charge is 0.377 e. The summed E-state index contributed by atoms with van der Waals surface area (Å²) in [5.41, 5.74) is 0.197. The van der Waals surface area contributed by atoms with Gasteiger partial charge in [-0.25, -0.2) is 0 Å². The zero-order valence-electron chi connectivity index (χ0n) is 13.7. The summed E-state index contributed by atoms with van der Waals surface area (Å²) in [5.74, 6) is 2.55. The van der Waals surface area contributed by atoms with Crippen LogP contribution in [-0.4, -0.2) is 50.8 Å². The molecular weight excluding hydrogens is 270 g/mol. The number of rotatable bonds is 5. The van der Waals surface area contributed by atoms with E-state index in [1.807, 2.05) is 18.8 Å². The lowest BCUT2D eigenvalue weighted by Gasteiger charge is -2.40. The van der Waals surface area contributed by atoms with Crippen LogP contribution < -0.4 is 10.6 Å². The van der Waals surface area contributed by atoms with Crippen LogP contribution in [0.1, 0.15) is 33.6 Å². The summed E-state index contributed by atoms with van der Waals surface area (Å²) in [6, 6.07) is 0. The van der Waals surface area contributed by atoms with Crippen molar-refractivity contribution in [3.05, 3.63) is 0 Å². The van der Waals surface area contributed by atoms with Crippen LogP contribution in [0, 0.1) is 11.3 Å². The average molecular weight is 302 g/mol. The maximum absolute atomic E-state index is 6.02. The number of ether oxygens (including phenoxy) is 1. The molecule has 20 heavy (non-hydrogen) atoms. The molecule has 2 unspecified atom stereocenters. The lowest BCUT2D eigenvalue weighted by Crippen LogP contribution is -2.47. The fourth-order valence-electron chi connectivity index (χ4n) is 2.73. The first kappa shape index (κ1) is 17.6. The second kappa shape index (κ2) is 8.78. The smallest absolute Gasteiger partial charge is 0.191 e.